The maximum atomic E-state index is 12.4. The van der Waals surface area contributed by atoms with Crippen LogP contribution in [0.4, 0.5) is 5.69 Å². The molecule has 164 valence electrons. The Morgan fingerprint density at radius 2 is 1.68 bits per heavy atom. The van der Waals surface area contributed by atoms with Gasteiger partial charge in [-0.2, -0.15) is 0 Å². The van der Waals surface area contributed by atoms with Gasteiger partial charge in [-0.25, -0.2) is 0 Å². The van der Waals surface area contributed by atoms with Crippen LogP contribution in [-0.4, -0.2) is 49.5 Å². The Bertz CT molecular complexity index is 875. The second kappa shape index (κ2) is 11.2. The molecule has 7 nitrogen and oxygen atoms in total. The normalized spacial score (nSPS) is 14.0. The first kappa shape index (κ1) is 22.3. The zero-order chi connectivity index (χ0) is 22.1. The second-order valence-corrected chi connectivity index (χ2v) is 7.52. The molecule has 1 aliphatic rings. The lowest BCUT2D eigenvalue weighted by atomic mass is 9.95. The summed E-state index contributed by atoms with van der Waals surface area (Å²) in [5.41, 5.74) is 1.77. The van der Waals surface area contributed by atoms with Crippen LogP contribution in [0.25, 0.3) is 0 Å². The van der Waals surface area contributed by atoms with Gasteiger partial charge in [0.2, 0.25) is 5.91 Å². The third-order valence-electron chi connectivity index (χ3n) is 5.39. The van der Waals surface area contributed by atoms with Crippen molar-refractivity contribution in [3.8, 4) is 5.75 Å². The van der Waals surface area contributed by atoms with E-state index in [-0.39, 0.29) is 30.8 Å². The highest BCUT2D eigenvalue weighted by molar-refractivity contribution is 5.92. The molecule has 1 saturated heterocycles. The molecule has 1 N–H and O–H groups in total. The van der Waals surface area contributed by atoms with Crippen molar-refractivity contribution in [2.45, 2.75) is 25.7 Å². The summed E-state index contributed by atoms with van der Waals surface area (Å²) in [7, 11) is 1.60. The van der Waals surface area contributed by atoms with E-state index in [0.29, 0.717) is 32.4 Å². The standard InChI is InChI=1S/C24H28N2O5/c1-30-21-10-7-18(8-11-21)9-12-23(28)31-17-22(27)26-15-13-19(14-16-26)24(29)25-20-5-3-2-4-6-20/h2-8,10-11,19H,9,12-17H2,1H3,(H,25,29). The number of carbonyl (C=O) groups excluding carboxylic acids is 3. The van der Waals surface area contributed by atoms with Crippen molar-refractivity contribution < 1.29 is 23.9 Å². The topological polar surface area (TPSA) is 84.9 Å². The van der Waals surface area contributed by atoms with Crippen molar-refractivity contribution in [1.82, 2.24) is 4.90 Å². The van der Waals surface area contributed by atoms with Crippen molar-refractivity contribution in [2.75, 3.05) is 32.1 Å². The lowest BCUT2D eigenvalue weighted by Gasteiger charge is -2.31. The highest BCUT2D eigenvalue weighted by Gasteiger charge is 2.27. The average Bonchev–Trinajstić information content (AvgIpc) is 2.82. The molecule has 0 spiro atoms. The Kier molecular flexibility index (Phi) is 8.04. The average molecular weight is 424 g/mol. The minimum absolute atomic E-state index is 0.0248. The van der Waals surface area contributed by atoms with Gasteiger partial charge in [0.15, 0.2) is 6.61 Å². The van der Waals surface area contributed by atoms with Gasteiger partial charge in [0.1, 0.15) is 5.75 Å². The molecule has 2 aromatic rings. The number of amides is 2. The summed E-state index contributed by atoms with van der Waals surface area (Å²) < 4.78 is 10.3. The molecule has 0 aliphatic carbocycles. The number of nitrogens with one attached hydrogen (secondary N) is 1. The number of nitrogens with zero attached hydrogens (tertiary/aromatic N) is 1. The third kappa shape index (κ3) is 6.84. The van der Waals surface area contributed by atoms with Crippen LogP contribution in [0, 0.1) is 5.92 Å². The number of rotatable bonds is 8. The summed E-state index contributed by atoms with van der Waals surface area (Å²) in [5.74, 6) is -0.0150. The number of methoxy groups -OCH3 is 1. The number of hydrogen-bond acceptors (Lipinski definition) is 5. The monoisotopic (exact) mass is 424 g/mol. The Morgan fingerprint density at radius 3 is 2.32 bits per heavy atom. The predicted molar refractivity (Wildman–Crippen MR) is 117 cm³/mol. The van der Waals surface area contributed by atoms with Crippen molar-refractivity contribution in [2.24, 2.45) is 5.92 Å². The molecule has 0 atom stereocenters. The summed E-state index contributed by atoms with van der Waals surface area (Å²) in [6.07, 6.45) is 1.94. The minimum Gasteiger partial charge on any atom is -0.497 e. The van der Waals surface area contributed by atoms with Crippen LogP contribution in [0.1, 0.15) is 24.8 Å². The summed E-state index contributed by atoms with van der Waals surface area (Å²) in [6, 6.07) is 16.8. The number of para-hydroxylation sites is 1. The van der Waals surface area contributed by atoms with Crippen molar-refractivity contribution in [3.05, 3.63) is 60.2 Å². The molecule has 0 unspecified atom stereocenters. The van der Waals surface area contributed by atoms with Crippen LogP contribution in [0.2, 0.25) is 0 Å². The fourth-order valence-electron chi connectivity index (χ4n) is 3.50. The van der Waals surface area contributed by atoms with E-state index < -0.39 is 5.97 Å². The number of hydrogen-bond donors (Lipinski definition) is 1. The molecular formula is C24H28N2O5. The zero-order valence-electron chi connectivity index (χ0n) is 17.7. The lowest BCUT2D eigenvalue weighted by molar-refractivity contribution is -0.152. The first-order valence-electron chi connectivity index (χ1n) is 10.5. The molecule has 0 aromatic heterocycles. The Hall–Kier alpha value is -3.35. The molecule has 0 radical (unpaired) electrons. The maximum Gasteiger partial charge on any atom is 0.306 e. The van der Waals surface area contributed by atoms with Crippen LogP contribution < -0.4 is 10.1 Å². The summed E-state index contributed by atoms with van der Waals surface area (Å²) in [5, 5.41) is 2.91. The molecular weight excluding hydrogens is 396 g/mol. The predicted octanol–water partition coefficient (Wildman–Crippen LogP) is 3.05. The summed E-state index contributed by atoms with van der Waals surface area (Å²) in [4.78, 5) is 38.4. The van der Waals surface area contributed by atoms with Crippen LogP contribution >= 0.6 is 0 Å². The highest BCUT2D eigenvalue weighted by atomic mass is 16.5. The molecule has 7 heteroatoms. The van der Waals surface area contributed by atoms with Crippen LogP contribution in [0.3, 0.4) is 0 Å². The number of likely N-dealkylation sites (tertiary alicyclic amines) is 1. The van der Waals surface area contributed by atoms with Gasteiger partial charge < -0.3 is 19.7 Å². The van der Waals surface area contributed by atoms with Crippen LogP contribution in [0.15, 0.2) is 54.6 Å². The fourth-order valence-corrected chi connectivity index (χ4v) is 3.50. The zero-order valence-corrected chi connectivity index (χ0v) is 17.7. The van der Waals surface area contributed by atoms with Gasteiger partial charge in [-0.05, 0) is 49.1 Å². The van der Waals surface area contributed by atoms with Gasteiger partial charge in [0.25, 0.3) is 5.91 Å². The van der Waals surface area contributed by atoms with Crippen LogP contribution in [-0.2, 0) is 25.5 Å². The van der Waals surface area contributed by atoms with E-state index in [2.05, 4.69) is 5.32 Å². The van der Waals surface area contributed by atoms with E-state index in [1.54, 1.807) is 12.0 Å². The second-order valence-electron chi connectivity index (χ2n) is 7.52. The lowest BCUT2D eigenvalue weighted by Crippen LogP contribution is -2.43. The number of ether oxygens (including phenoxy) is 2. The third-order valence-corrected chi connectivity index (χ3v) is 5.39. The van der Waals surface area contributed by atoms with E-state index in [0.717, 1.165) is 17.0 Å². The molecule has 3 rings (SSSR count). The van der Waals surface area contributed by atoms with Crippen LogP contribution in [0.5, 0.6) is 5.75 Å². The molecule has 0 saturated carbocycles. The van der Waals surface area contributed by atoms with E-state index in [9.17, 15) is 14.4 Å². The van der Waals surface area contributed by atoms with Gasteiger partial charge >= 0.3 is 5.97 Å². The number of aryl methyl sites for hydroxylation is 1. The van der Waals surface area contributed by atoms with Gasteiger partial charge in [0, 0.05) is 31.1 Å². The largest absolute Gasteiger partial charge is 0.497 e. The molecule has 1 fully saturated rings. The molecule has 0 bridgehead atoms. The van der Waals surface area contributed by atoms with Crippen molar-refractivity contribution >= 4 is 23.5 Å². The SMILES string of the molecule is COc1ccc(CCC(=O)OCC(=O)N2CCC(C(=O)Nc3ccccc3)CC2)cc1. The number of piperidine rings is 1. The van der Waals surface area contributed by atoms with Gasteiger partial charge in [-0.15, -0.1) is 0 Å². The molecule has 1 aliphatic heterocycles. The number of carbonyl (C=O) groups is 3. The summed E-state index contributed by atoms with van der Waals surface area (Å²) >= 11 is 0. The smallest absolute Gasteiger partial charge is 0.306 e. The Labute approximate surface area is 182 Å². The van der Waals surface area contributed by atoms with Crippen molar-refractivity contribution in [1.29, 1.82) is 0 Å². The number of benzene rings is 2. The summed E-state index contributed by atoms with van der Waals surface area (Å²) in [6.45, 7) is 0.701. The molecule has 1 heterocycles. The number of esters is 1. The van der Waals surface area contributed by atoms with E-state index in [4.69, 9.17) is 9.47 Å². The minimum atomic E-state index is -0.402. The maximum absolute atomic E-state index is 12.4. The Balaban J connectivity index is 1.34. The quantitative estimate of drug-likeness (QED) is 0.659. The highest BCUT2D eigenvalue weighted by Crippen LogP contribution is 2.20. The fraction of sp³-hybridized carbons (Fsp3) is 0.375. The van der Waals surface area contributed by atoms with E-state index in [1.807, 2.05) is 54.6 Å². The van der Waals surface area contributed by atoms with Gasteiger partial charge in [-0.3, -0.25) is 14.4 Å². The van der Waals surface area contributed by atoms with Gasteiger partial charge in [-0.1, -0.05) is 30.3 Å². The van der Waals surface area contributed by atoms with E-state index in [1.165, 1.54) is 0 Å². The number of anilines is 1. The van der Waals surface area contributed by atoms with Gasteiger partial charge in [0.05, 0.1) is 7.11 Å². The first-order valence-corrected chi connectivity index (χ1v) is 10.5. The first-order chi connectivity index (χ1) is 15.0. The molecule has 2 aromatic carbocycles. The van der Waals surface area contributed by atoms with E-state index >= 15 is 0 Å². The molecule has 31 heavy (non-hydrogen) atoms. The Morgan fingerprint density at radius 1 is 1.00 bits per heavy atom. The van der Waals surface area contributed by atoms with Crippen molar-refractivity contribution in [3.63, 3.8) is 0 Å². The molecule has 2 amide bonds.